The Morgan fingerprint density at radius 1 is 1.26 bits per heavy atom. The molecule has 0 heterocycles. The fraction of sp³-hybridized carbons (Fsp3) is 0.625. The summed E-state index contributed by atoms with van der Waals surface area (Å²) in [6.07, 6.45) is 6.33. The molecule has 0 aliphatic heterocycles. The number of likely N-dealkylation sites (N-methyl/N-ethyl adjacent to an activating group) is 1. The summed E-state index contributed by atoms with van der Waals surface area (Å²) >= 11 is 6.33. The van der Waals surface area contributed by atoms with Crippen LogP contribution in [-0.4, -0.2) is 24.0 Å². The molecule has 3 heteroatoms. The third-order valence-electron chi connectivity index (χ3n) is 4.85. The quantitative estimate of drug-likeness (QED) is 0.903. The zero-order chi connectivity index (χ0) is 13.9. The predicted molar refractivity (Wildman–Crippen MR) is 82.5 cm³/mol. The summed E-state index contributed by atoms with van der Waals surface area (Å²) in [7, 11) is 2.20. The Labute approximate surface area is 121 Å². The van der Waals surface area contributed by atoms with Crippen molar-refractivity contribution in [2.45, 2.75) is 50.6 Å². The monoisotopic (exact) mass is 280 g/mol. The number of rotatable bonds is 4. The van der Waals surface area contributed by atoms with Crippen molar-refractivity contribution in [1.29, 1.82) is 0 Å². The topological polar surface area (TPSA) is 29.3 Å². The number of halogens is 1. The summed E-state index contributed by atoms with van der Waals surface area (Å²) < 4.78 is 0. The molecule has 0 spiro atoms. The number of hydrogen-bond donors (Lipinski definition) is 1. The molecule has 0 bridgehead atoms. The van der Waals surface area contributed by atoms with E-state index in [0.29, 0.717) is 6.04 Å². The molecule has 0 aromatic heterocycles. The Kier molecular flexibility index (Phi) is 4.88. The van der Waals surface area contributed by atoms with Crippen LogP contribution in [0.2, 0.25) is 5.02 Å². The van der Waals surface area contributed by atoms with E-state index in [1.54, 1.807) is 0 Å². The minimum atomic E-state index is 0.150. The van der Waals surface area contributed by atoms with E-state index < -0.39 is 0 Å². The Bertz CT molecular complexity index is 413. The first kappa shape index (κ1) is 14.8. The van der Waals surface area contributed by atoms with E-state index in [-0.39, 0.29) is 5.54 Å². The van der Waals surface area contributed by atoms with Gasteiger partial charge in [0.05, 0.1) is 0 Å². The van der Waals surface area contributed by atoms with Crippen LogP contribution >= 0.6 is 11.6 Å². The lowest BCUT2D eigenvalue weighted by atomic mass is 9.79. The van der Waals surface area contributed by atoms with Crippen molar-refractivity contribution in [2.75, 3.05) is 13.6 Å². The maximum Gasteiger partial charge on any atom is 0.0453 e. The molecule has 2 N–H and O–H groups in total. The number of hydrogen-bond acceptors (Lipinski definition) is 2. The van der Waals surface area contributed by atoms with Gasteiger partial charge >= 0.3 is 0 Å². The number of nitrogens with zero attached hydrogens (tertiary/aromatic N) is 1. The Balaban J connectivity index is 2.22. The van der Waals surface area contributed by atoms with Crippen molar-refractivity contribution >= 4 is 11.6 Å². The molecule has 19 heavy (non-hydrogen) atoms. The Morgan fingerprint density at radius 3 is 2.47 bits per heavy atom. The van der Waals surface area contributed by atoms with Crippen molar-refractivity contribution in [2.24, 2.45) is 5.73 Å². The molecule has 106 valence electrons. The summed E-state index contributed by atoms with van der Waals surface area (Å²) in [4.78, 5) is 2.45. The molecule has 2 nitrogen and oxygen atoms in total. The van der Waals surface area contributed by atoms with E-state index in [0.717, 1.165) is 11.6 Å². The summed E-state index contributed by atoms with van der Waals surface area (Å²) in [5.41, 5.74) is 7.47. The number of nitrogens with two attached hydrogens (primary N) is 1. The van der Waals surface area contributed by atoms with Gasteiger partial charge in [0.15, 0.2) is 0 Å². The third-order valence-corrected chi connectivity index (χ3v) is 5.19. The second-order valence-electron chi connectivity index (χ2n) is 5.80. The fourth-order valence-electron chi connectivity index (χ4n) is 3.34. The molecule has 1 aliphatic rings. The average Bonchev–Trinajstić information content (AvgIpc) is 2.47. The van der Waals surface area contributed by atoms with E-state index in [2.05, 4.69) is 31.0 Å². The summed E-state index contributed by atoms with van der Waals surface area (Å²) in [6.45, 7) is 2.96. The van der Waals surface area contributed by atoms with Crippen LogP contribution in [-0.2, 0) is 0 Å². The van der Waals surface area contributed by atoms with Gasteiger partial charge in [0.25, 0.3) is 0 Å². The Hall–Kier alpha value is -0.570. The molecule has 2 rings (SSSR count). The number of benzene rings is 1. The average molecular weight is 281 g/mol. The van der Waals surface area contributed by atoms with Crippen molar-refractivity contribution in [3.05, 3.63) is 34.9 Å². The molecule has 0 saturated heterocycles. The fourth-order valence-corrected chi connectivity index (χ4v) is 3.64. The normalized spacial score (nSPS) is 20.5. The zero-order valence-electron chi connectivity index (χ0n) is 12.0. The lowest BCUT2D eigenvalue weighted by Gasteiger charge is -2.47. The largest absolute Gasteiger partial charge is 0.329 e. The molecule has 1 aliphatic carbocycles. The van der Waals surface area contributed by atoms with Gasteiger partial charge < -0.3 is 5.73 Å². The molecule has 1 aromatic rings. The molecule has 1 fully saturated rings. The lowest BCUT2D eigenvalue weighted by molar-refractivity contribution is 0.0491. The van der Waals surface area contributed by atoms with Gasteiger partial charge in [-0.3, -0.25) is 4.90 Å². The first-order chi connectivity index (χ1) is 9.10. The molecule has 0 amide bonds. The van der Waals surface area contributed by atoms with Gasteiger partial charge in [-0.2, -0.15) is 0 Å². The van der Waals surface area contributed by atoms with Crippen molar-refractivity contribution < 1.29 is 0 Å². The van der Waals surface area contributed by atoms with Crippen molar-refractivity contribution in [3.63, 3.8) is 0 Å². The van der Waals surface area contributed by atoms with Crippen LogP contribution in [0.1, 0.15) is 50.6 Å². The van der Waals surface area contributed by atoms with E-state index >= 15 is 0 Å². The second-order valence-corrected chi connectivity index (χ2v) is 6.20. The van der Waals surface area contributed by atoms with Crippen LogP contribution in [0.4, 0.5) is 0 Å². The van der Waals surface area contributed by atoms with Crippen LogP contribution in [0.5, 0.6) is 0 Å². The summed E-state index contributed by atoms with van der Waals surface area (Å²) in [6, 6.07) is 8.43. The van der Waals surface area contributed by atoms with E-state index in [4.69, 9.17) is 17.3 Å². The van der Waals surface area contributed by atoms with Gasteiger partial charge in [0.1, 0.15) is 0 Å². The van der Waals surface area contributed by atoms with Gasteiger partial charge in [0.2, 0.25) is 0 Å². The minimum Gasteiger partial charge on any atom is -0.329 e. The third kappa shape index (κ3) is 2.96. The van der Waals surface area contributed by atoms with Crippen molar-refractivity contribution in [1.82, 2.24) is 4.90 Å². The predicted octanol–water partition coefficient (Wildman–Crippen LogP) is 3.99. The van der Waals surface area contributed by atoms with Gasteiger partial charge in [-0.05, 0) is 38.4 Å². The highest BCUT2D eigenvalue weighted by Crippen LogP contribution is 2.38. The molecule has 0 radical (unpaired) electrons. The van der Waals surface area contributed by atoms with Crippen LogP contribution in [0.15, 0.2) is 24.3 Å². The van der Waals surface area contributed by atoms with Gasteiger partial charge in [0, 0.05) is 23.1 Å². The molecular formula is C16H25ClN2. The van der Waals surface area contributed by atoms with Gasteiger partial charge in [-0.1, -0.05) is 49.1 Å². The van der Waals surface area contributed by atoms with Gasteiger partial charge in [-0.25, -0.2) is 0 Å². The van der Waals surface area contributed by atoms with Gasteiger partial charge in [-0.15, -0.1) is 0 Å². The Morgan fingerprint density at radius 2 is 1.89 bits per heavy atom. The molecule has 1 atom stereocenters. The van der Waals surface area contributed by atoms with Crippen LogP contribution < -0.4 is 5.73 Å². The van der Waals surface area contributed by atoms with Crippen LogP contribution in [0.3, 0.4) is 0 Å². The van der Waals surface area contributed by atoms with Crippen molar-refractivity contribution in [3.8, 4) is 0 Å². The van der Waals surface area contributed by atoms with Crippen LogP contribution in [0, 0.1) is 0 Å². The summed E-state index contributed by atoms with van der Waals surface area (Å²) in [5.74, 6) is 0. The molecular weight excluding hydrogens is 256 g/mol. The first-order valence-electron chi connectivity index (χ1n) is 7.28. The minimum absolute atomic E-state index is 0.150. The molecule has 1 unspecified atom stereocenters. The second kappa shape index (κ2) is 6.25. The first-order valence-corrected chi connectivity index (χ1v) is 7.66. The van der Waals surface area contributed by atoms with E-state index in [1.165, 1.54) is 37.7 Å². The maximum absolute atomic E-state index is 6.33. The molecule has 1 saturated carbocycles. The standard InChI is InChI=1S/C16H25ClN2/c1-13(14-8-4-5-9-15(14)17)19(2)16(12-18)10-6-3-7-11-16/h4-5,8-9,13H,3,6-7,10-12,18H2,1-2H3. The maximum atomic E-state index is 6.33. The van der Waals surface area contributed by atoms with Crippen LogP contribution in [0.25, 0.3) is 0 Å². The van der Waals surface area contributed by atoms with E-state index in [9.17, 15) is 0 Å². The SMILES string of the molecule is CC(c1ccccc1Cl)N(C)C1(CN)CCCCC1. The highest BCUT2D eigenvalue weighted by Gasteiger charge is 2.37. The zero-order valence-corrected chi connectivity index (χ0v) is 12.8. The summed E-state index contributed by atoms with van der Waals surface area (Å²) in [5, 5.41) is 0.852. The van der Waals surface area contributed by atoms with E-state index in [1.807, 2.05) is 12.1 Å². The highest BCUT2D eigenvalue weighted by molar-refractivity contribution is 6.31. The lowest BCUT2D eigenvalue weighted by Crippen LogP contribution is -2.54. The molecule has 1 aromatic carbocycles. The smallest absolute Gasteiger partial charge is 0.0453 e. The highest BCUT2D eigenvalue weighted by atomic mass is 35.5.